The molecule has 4 rings (SSSR count). The average Bonchev–Trinajstić information content (AvgIpc) is 2.86. The van der Waals surface area contributed by atoms with Crippen molar-refractivity contribution in [3.8, 4) is 17.6 Å². The van der Waals surface area contributed by atoms with E-state index in [4.69, 9.17) is 43.1 Å². The molecule has 0 unspecified atom stereocenters. The van der Waals surface area contributed by atoms with E-state index in [0.717, 1.165) is 11.3 Å². The smallest absolute Gasteiger partial charge is 0.180 e. The second kappa shape index (κ2) is 11.3. The Balaban J connectivity index is 1.81. The van der Waals surface area contributed by atoms with Crippen molar-refractivity contribution in [2.45, 2.75) is 39.2 Å². The number of ether oxygens (including phenoxy) is 3. The number of allylic oxidation sites excluding steroid dienone is 3. The lowest BCUT2D eigenvalue weighted by molar-refractivity contribution is -0.118. The fraction of sp³-hybridized carbons (Fsp3) is 0.379. The summed E-state index contributed by atoms with van der Waals surface area (Å²) in [6, 6.07) is 13.1. The molecule has 0 radical (unpaired) electrons. The van der Waals surface area contributed by atoms with Gasteiger partial charge in [-0.25, -0.2) is 0 Å². The summed E-state index contributed by atoms with van der Waals surface area (Å²) in [6.07, 6.45) is 1.00. The minimum Gasteiger partial charge on any atom is -0.493 e. The van der Waals surface area contributed by atoms with E-state index in [-0.39, 0.29) is 28.4 Å². The van der Waals surface area contributed by atoms with Crippen molar-refractivity contribution in [1.29, 1.82) is 5.26 Å². The molecule has 0 amide bonds. The number of hydrogen-bond donors (Lipinski definition) is 1. The van der Waals surface area contributed by atoms with Gasteiger partial charge in [0, 0.05) is 41.9 Å². The van der Waals surface area contributed by atoms with Gasteiger partial charge < -0.3 is 24.8 Å². The lowest BCUT2D eigenvalue weighted by Gasteiger charge is -2.43. The maximum absolute atomic E-state index is 13.6. The zero-order valence-electron chi connectivity index (χ0n) is 21.9. The first-order valence-corrected chi connectivity index (χ1v) is 13.0. The largest absolute Gasteiger partial charge is 0.493 e. The van der Waals surface area contributed by atoms with Crippen molar-refractivity contribution in [1.82, 2.24) is 4.90 Å². The quantitative estimate of drug-likeness (QED) is 0.428. The highest BCUT2D eigenvalue weighted by atomic mass is 35.5. The molecule has 0 aromatic heterocycles. The number of nitrogens with zero attached hydrogens (tertiary/aromatic N) is 2. The predicted molar refractivity (Wildman–Crippen MR) is 147 cm³/mol. The Morgan fingerprint density at radius 3 is 2.55 bits per heavy atom. The lowest BCUT2D eigenvalue weighted by atomic mass is 9.68. The summed E-state index contributed by atoms with van der Waals surface area (Å²) in [6.45, 7) is 5.13. The third-order valence-corrected chi connectivity index (χ3v) is 7.57. The molecule has 0 spiro atoms. The van der Waals surface area contributed by atoms with E-state index in [1.54, 1.807) is 25.3 Å². The molecule has 1 aliphatic heterocycles. The van der Waals surface area contributed by atoms with Crippen LogP contribution in [0.25, 0.3) is 0 Å². The normalized spacial score (nSPS) is 18.8. The van der Waals surface area contributed by atoms with E-state index >= 15 is 0 Å². The molecule has 0 bridgehead atoms. The third kappa shape index (κ3) is 5.35. The molecule has 2 aromatic rings. The molecule has 7 nitrogen and oxygen atoms in total. The predicted octanol–water partition coefficient (Wildman–Crippen LogP) is 5.96. The molecule has 0 fully saturated rings. The second-order valence-electron chi connectivity index (χ2n) is 10.2. The molecule has 2 N–H and O–H groups in total. The fourth-order valence-electron chi connectivity index (χ4n) is 5.16. The summed E-state index contributed by atoms with van der Waals surface area (Å²) < 4.78 is 16.9. The number of benzene rings is 2. The SMILES string of the molecule is COCCN1C(N)=C(C#N)[C@H](c2cc(Cl)c(OCc3ccccc3Cl)c(OC)c2)C2=C1CC(C)(C)CC2=O. The number of carbonyl (C=O) groups excluding carboxylic acids is 1. The number of halogens is 2. The van der Waals surface area contributed by atoms with Crippen LogP contribution >= 0.6 is 23.2 Å². The maximum atomic E-state index is 13.6. The Kier molecular flexibility index (Phi) is 8.27. The molecule has 1 atom stereocenters. The standard InChI is InChI=1S/C29H31Cl2N3O4/c1-29(2)13-22-26(23(35)14-29)25(19(15-32)28(33)34(22)9-10-36-3)18-11-21(31)27(24(12-18)37-4)38-16-17-7-5-6-8-20(17)30/h5-8,11-12,25H,9-10,13-14,16,33H2,1-4H3/t25-/m0/s1. The van der Waals surface area contributed by atoms with Crippen LogP contribution in [0.5, 0.6) is 11.5 Å². The first kappa shape index (κ1) is 27.8. The first-order valence-electron chi connectivity index (χ1n) is 12.3. The van der Waals surface area contributed by atoms with Gasteiger partial charge in [0.05, 0.1) is 36.3 Å². The highest BCUT2D eigenvalue weighted by molar-refractivity contribution is 6.32. The number of methoxy groups -OCH3 is 2. The van der Waals surface area contributed by atoms with Crippen LogP contribution in [0.15, 0.2) is 59.1 Å². The van der Waals surface area contributed by atoms with Crippen molar-refractivity contribution in [2.75, 3.05) is 27.4 Å². The van der Waals surface area contributed by atoms with Gasteiger partial charge in [-0.15, -0.1) is 0 Å². The number of ketones is 1. The molecule has 38 heavy (non-hydrogen) atoms. The van der Waals surface area contributed by atoms with Gasteiger partial charge in [-0.3, -0.25) is 4.79 Å². The Hall–Kier alpha value is -3.18. The summed E-state index contributed by atoms with van der Waals surface area (Å²) in [7, 11) is 3.12. The minimum atomic E-state index is -0.679. The average molecular weight is 556 g/mol. The summed E-state index contributed by atoms with van der Waals surface area (Å²) in [5.74, 6) is 0.339. The number of carbonyl (C=O) groups is 1. The van der Waals surface area contributed by atoms with Gasteiger partial charge in [0.1, 0.15) is 12.4 Å². The van der Waals surface area contributed by atoms with E-state index < -0.39 is 5.92 Å². The van der Waals surface area contributed by atoms with Crippen LogP contribution in [0.3, 0.4) is 0 Å². The van der Waals surface area contributed by atoms with Crippen LogP contribution < -0.4 is 15.2 Å². The van der Waals surface area contributed by atoms with E-state index in [1.165, 1.54) is 7.11 Å². The fourth-order valence-corrected chi connectivity index (χ4v) is 5.62. The Bertz CT molecular complexity index is 1360. The number of hydrogen-bond acceptors (Lipinski definition) is 7. The van der Waals surface area contributed by atoms with Crippen molar-refractivity contribution >= 4 is 29.0 Å². The van der Waals surface area contributed by atoms with Gasteiger partial charge in [-0.05, 0) is 35.6 Å². The molecule has 200 valence electrons. The Morgan fingerprint density at radius 2 is 1.89 bits per heavy atom. The monoisotopic (exact) mass is 555 g/mol. The number of nitrogens with two attached hydrogens (primary N) is 1. The summed E-state index contributed by atoms with van der Waals surface area (Å²) in [4.78, 5) is 15.5. The van der Waals surface area contributed by atoms with Gasteiger partial charge in [-0.2, -0.15) is 5.26 Å². The maximum Gasteiger partial charge on any atom is 0.180 e. The highest BCUT2D eigenvalue weighted by Gasteiger charge is 2.44. The number of rotatable bonds is 8. The van der Waals surface area contributed by atoms with Gasteiger partial charge in [0.15, 0.2) is 17.3 Å². The second-order valence-corrected chi connectivity index (χ2v) is 11.0. The Labute approximate surface area is 233 Å². The van der Waals surface area contributed by atoms with Crippen LogP contribution in [0.4, 0.5) is 0 Å². The van der Waals surface area contributed by atoms with Crippen LogP contribution in [-0.2, 0) is 16.1 Å². The molecule has 0 saturated carbocycles. The van der Waals surface area contributed by atoms with Gasteiger partial charge in [0.25, 0.3) is 0 Å². The van der Waals surface area contributed by atoms with Crippen molar-refractivity contribution in [2.24, 2.45) is 11.1 Å². The van der Waals surface area contributed by atoms with Crippen molar-refractivity contribution in [3.63, 3.8) is 0 Å². The van der Waals surface area contributed by atoms with Crippen molar-refractivity contribution in [3.05, 3.63) is 80.2 Å². The molecular formula is C29H31Cl2N3O4. The number of Topliss-reactive ketones (excluding diaryl/α,β-unsaturated/α-hetero) is 1. The minimum absolute atomic E-state index is 0.0157. The van der Waals surface area contributed by atoms with Crippen LogP contribution in [0.1, 0.15) is 43.7 Å². The van der Waals surface area contributed by atoms with Gasteiger partial charge >= 0.3 is 0 Å². The summed E-state index contributed by atoms with van der Waals surface area (Å²) in [5, 5.41) is 11.1. The summed E-state index contributed by atoms with van der Waals surface area (Å²) in [5.41, 5.74) is 9.44. The molecule has 0 saturated heterocycles. The molecule has 1 heterocycles. The van der Waals surface area contributed by atoms with Crippen molar-refractivity contribution < 1.29 is 19.0 Å². The molecule has 1 aliphatic carbocycles. The molecule has 9 heteroatoms. The van der Waals surface area contributed by atoms with Gasteiger partial charge in [-0.1, -0.05) is 55.2 Å². The van der Waals surface area contributed by atoms with E-state index in [9.17, 15) is 10.1 Å². The zero-order chi connectivity index (χ0) is 27.6. The molecule has 2 aromatic carbocycles. The first-order chi connectivity index (χ1) is 18.1. The highest BCUT2D eigenvalue weighted by Crippen LogP contribution is 2.50. The Morgan fingerprint density at radius 1 is 1.16 bits per heavy atom. The topological polar surface area (TPSA) is 97.8 Å². The number of nitriles is 1. The zero-order valence-corrected chi connectivity index (χ0v) is 23.4. The third-order valence-electron chi connectivity index (χ3n) is 6.92. The van der Waals surface area contributed by atoms with Crippen LogP contribution in [-0.4, -0.2) is 38.1 Å². The van der Waals surface area contributed by atoms with E-state index in [2.05, 4.69) is 19.9 Å². The van der Waals surface area contributed by atoms with Crippen LogP contribution in [0.2, 0.25) is 10.0 Å². The summed E-state index contributed by atoms with van der Waals surface area (Å²) >= 11 is 13.0. The van der Waals surface area contributed by atoms with E-state index in [0.29, 0.717) is 59.5 Å². The van der Waals surface area contributed by atoms with Gasteiger partial charge in [0.2, 0.25) is 0 Å². The molecule has 2 aliphatic rings. The molecular weight excluding hydrogens is 525 g/mol. The van der Waals surface area contributed by atoms with Crippen LogP contribution in [0, 0.1) is 16.7 Å². The van der Waals surface area contributed by atoms with E-state index in [1.807, 2.05) is 23.1 Å². The lowest BCUT2D eigenvalue weighted by Crippen LogP contribution is -2.43.